The van der Waals surface area contributed by atoms with Gasteiger partial charge in [0, 0.05) is 0 Å². The third-order valence-electron chi connectivity index (χ3n) is 14.0. The molecule has 0 radical (unpaired) electrons. The summed E-state index contributed by atoms with van der Waals surface area (Å²) in [4.78, 5) is 87.5. The molecule has 0 spiro atoms. The van der Waals surface area contributed by atoms with Gasteiger partial charge in [-0.05, 0) is 69.8 Å². The van der Waals surface area contributed by atoms with Crippen molar-refractivity contribution in [2.75, 3.05) is 19.8 Å². The van der Waals surface area contributed by atoms with Crippen molar-refractivity contribution in [2.24, 2.45) is 0 Å². The Bertz CT molecular complexity index is 3460. The van der Waals surface area contributed by atoms with Crippen LogP contribution in [0.2, 0.25) is 0 Å². The van der Waals surface area contributed by atoms with Gasteiger partial charge in [0.25, 0.3) is 17.7 Å². The van der Waals surface area contributed by atoms with Crippen molar-refractivity contribution in [3.63, 3.8) is 0 Å². The smallest absolute Gasteiger partial charge is 0.332 e. The van der Waals surface area contributed by atoms with Crippen molar-refractivity contribution >= 4 is 35.6 Å². The molecule has 18 nitrogen and oxygen atoms in total. The first-order valence-electron chi connectivity index (χ1n) is 28.9. The molecule has 1 aliphatic rings. The van der Waals surface area contributed by atoms with Crippen LogP contribution in [0.5, 0.6) is 34.5 Å². The molecule has 1 aliphatic heterocycles. The van der Waals surface area contributed by atoms with Crippen molar-refractivity contribution in [1.82, 2.24) is 16.0 Å². The lowest BCUT2D eigenvalue weighted by Gasteiger charge is -2.25. The maximum atomic E-state index is 14.7. The first-order valence-corrected chi connectivity index (χ1v) is 28.9. The highest BCUT2D eigenvalue weighted by atomic mass is 16.6. The predicted molar refractivity (Wildman–Crippen MR) is 331 cm³/mol. The van der Waals surface area contributed by atoms with Crippen LogP contribution in [0.4, 0.5) is 0 Å². The van der Waals surface area contributed by atoms with Crippen LogP contribution >= 0.6 is 0 Å². The number of nitrogens with one attached hydrogen (secondary N) is 3. The number of amides is 3. The Labute approximate surface area is 519 Å². The van der Waals surface area contributed by atoms with Crippen LogP contribution < -0.4 is 44.4 Å². The highest BCUT2D eigenvalue weighted by Crippen LogP contribution is 2.36. The lowest BCUT2D eigenvalue weighted by molar-refractivity contribution is -0.160. The maximum absolute atomic E-state index is 14.7. The monoisotopic (exact) mass is 1210 g/mol. The summed E-state index contributed by atoms with van der Waals surface area (Å²) in [6.07, 6.45) is 0. The largest absolute Gasteiger partial charge is 0.485 e. The van der Waals surface area contributed by atoms with Crippen LogP contribution in [-0.2, 0) is 68.2 Å². The molecule has 1 saturated heterocycles. The van der Waals surface area contributed by atoms with Crippen LogP contribution in [0.25, 0.3) is 0 Å². The molecule has 3 amide bonds. The first kappa shape index (κ1) is 61.7. The van der Waals surface area contributed by atoms with Crippen molar-refractivity contribution in [1.29, 1.82) is 0 Å². The minimum atomic E-state index is -1.78. The van der Waals surface area contributed by atoms with Crippen molar-refractivity contribution < 1.29 is 71.4 Å². The summed E-state index contributed by atoms with van der Waals surface area (Å²) in [7, 11) is 0. The van der Waals surface area contributed by atoms with Crippen molar-refractivity contribution in [2.45, 2.75) is 57.8 Å². The third kappa shape index (κ3) is 17.2. The predicted octanol–water partition coefficient (Wildman–Crippen LogP) is 10.5. The zero-order chi connectivity index (χ0) is 62.3. The van der Waals surface area contributed by atoms with E-state index in [1.54, 1.807) is 36.4 Å². The molecule has 3 atom stereocenters. The summed E-state index contributed by atoms with van der Waals surface area (Å²) in [5.41, 5.74) is 4.63. The number of carbonyl (C=O) groups excluding carboxylic acids is 6. The summed E-state index contributed by atoms with van der Waals surface area (Å²) >= 11 is 0. The van der Waals surface area contributed by atoms with Gasteiger partial charge in [-0.1, -0.05) is 200 Å². The lowest BCUT2D eigenvalue weighted by atomic mass is 10.1. The van der Waals surface area contributed by atoms with Crippen molar-refractivity contribution in [3.8, 4) is 34.5 Å². The molecule has 9 aromatic rings. The van der Waals surface area contributed by atoms with E-state index in [1.807, 2.05) is 182 Å². The van der Waals surface area contributed by atoms with E-state index in [0.717, 1.165) is 33.4 Å². The summed E-state index contributed by atoms with van der Waals surface area (Å²) in [5, 5.41) is 7.87. The van der Waals surface area contributed by atoms with Gasteiger partial charge < -0.3 is 58.6 Å². The Morgan fingerprint density at radius 3 is 0.722 bits per heavy atom. The number of ether oxygens (including phenoxy) is 9. The second-order valence-electron chi connectivity index (χ2n) is 20.5. The third-order valence-corrected chi connectivity index (χ3v) is 14.0. The molecule has 0 aromatic heterocycles. The Morgan fingerprint density at radius 2 is 0.500 bits per heavy atom. The molecule has 3 N–H and O–H groups in total. The average Bonchev–Trinajstić information content (AvgIpc) is 1.59. The molecule has 0 aliphatic carbocycles. The molecule has 0 saturated carbocycles. The summed E-state index contributed by atoms with van der Waals surface area (Å²) < 4.78 is 54.8. The quantitative estimate of drug-likeness (QED) is 0.0378. The number of carbonyl (C=O) groups is 6. The standard InChI is InChI=1S/C72H63N3O15/c76-67(55-34-19-37-61(82-40-49-22-7-1-8-23-49)64(55)85-43-52-28-13-4-14-29-52)73-58-46-88-71(80)60(75-69(78)57-36-21-39-63(84-42-51-26-11-3-12-27-51)66(57)87-45-54-32-17-6-18-33-54)48-90-72(81)59(47-89-70(58)79)74-68(77)56-35-20-38-62(83-41-50-24-9-2-10-25-50)65(56)86-44-53-30-15-5-16-31-53/h1-39,58-60H,40-48H2,(H,73,76)(H,74,77)(H,75,78)/t58-,59-,60-/m1/s1. The number of rotatable bonds is 24. The minimum absolute atomic E-state index is 0.0174. The topological polar surface area (TPSA) is 222 Å². The lowest BCUT2D eigenvalue weighted by Crippen LogP contribution is -2.52. The van der Waals surface area contributed by atoms with E-state index in [2.05, 4.69) is 16.0 Å². The molecule has 90 heavy (non-hydrogen) atoms. The summed E-state index contributed by atoms with van der Waals surface area (Å²) in [6, 6.07) is 64.4. The fourth-order valence-electron chi connectivity index (χ4n) is 9.28. The van der Waals surface area contributed by atoms with Crippen molar-refractivity contribution in [3.05, 3.63) is 287 Å². The van der Waals surface area contributed by atoms with E-state index >= 15 is 0 Å². The molecule has 1 heterocycles. The molecule has 456 valence electrons. The maximum Gasteiger partial charge on any atom is 0.332 e. The van der Waals surface area contributed by atoms with Gasteiger partial charge in [0.15, 0.2) is 52.6 Å². The highest BCUT2D eigenvalue weighted by molar-refractivity contribution is 6.02. The molecule has 0 unspecified atom stereocenters. The van der Waals surface area contributed by atoms with Gasteiger partial charge in [0.05, 0.1) is 16.7 Å². The number of hydrogen-bond acceptors (Lipinski definition) is 15. The van der Waals surface area contributed by atoms with Gasteiger partial charge in [-0.15, -0.1) is 0 Å². The van der Waals surface area contributed by atoms with Gasteiger partial charge >= 0.3 is 17.9 Å². The number of para-hydroxylation sites is 3. The van der Waals surface area contributed by atoms with Crippen LogP contribution in [-0.4, -0.2) is 73.6 Å². The van der Waals surface area contributed by atoms with E-state index in [9.17, 15) is 28.8 Å². The Hall–Kier alpha value is -11.4. The number of cyclic esters (lactones) is 3. The Kier molecular flexibility index (Phi) is 21.5. The molecule has 9 aromatic carbocycles. The fourth-order valence-corrected chi connectivity index (χ4v) is 9.28. The normalized spacial score (nSPS) is 14.9. The zero-order valence-corrected chi connectivity index (χ0v) is 48.7. The van der Waals surface area contributed by atoms with Crippen LogP contribution in [0.15, 0.2) is 237 Å². The van der Waals surface area contributed by atoms with Crippen LogP contribution in [0, 0.1) is 0 Å². The van der Waals surface area contributed by atoms with Gasteiger partial charge in [-0.3, -0.25) is 14.4 Å². The molecular formula is C72H63N3O15. The number of benzene rings is 9. The van der Waals surface area contributed by atoms with E-state index in [0.29, 0.717) is 0 Å². The number of esters is 3. The van der Waals surface area contributed by atoms with Gasteiger partial charge in [0.2, 0.25) is 0 Å². The zero-order valence-electron chi connectivity index (χ0n) is 48.7. The van der Waals surface area contributed by atoms with Crippen LogP contribution in [0.1, 0.15) is 64.5 Å². The first-order chi connectivity index (χ1) is 44.1. The SMILES string of the molecule is O=C(N[C@@H]1COC(=O)[C@H](NC(=O)c2cccc(OCc3ccccc3)c2OCc2ccccc2)COC(=O)[C@H](NC(=O)c2cccc(OCc3ccccc3)c2OCc2ccccc2)COC1=O)c1cccc(OCc2ccccc2)c1OCc1ccccc1. The second kappa shape index (κ2) is 31.3. The molecule has 18 heteroatoms. The molecule has 0 bridgehead atoms. The van der Waals surface area contributed by atoms with E-state index in [1.165, 1.54) is 18.2 Å². The average molecular weight is 1210 g/mol. The fraction of sp³-hybridized carbons (Fsp3) is 0.167. The van der Waals surface area contributed by atoms with E-state index in [-0.39, 0.29) is 90.8 Å². The molecule has 1 fully saturated rings. The number of hydrogen-bond donors (Lipinski definition) is 3. The van der Waals surface area contributed by atoms with E-state index < -0.39 is 73.6 Å². The Balaban J connectivity index is 0.952. The van der Waals surface area contributed by atoms with Crippen LogP contribution in [0.3, 0.4) is 0 Å². The van der Waals surface area contributed by atoms with Gasteiger partial charge in [-0.25, -0.2) is 14.4 Å². The van der Waals surface area contributed by atoms with Gasteiger partial charge in [0.1, 0.15) is 59.5 Å². The molecule has 10 rings (SSSR count). The molecular weight excluding hydrogens is 1150 g/mol. The Morgan fingerprint density at radius 1 is 0.289 bits per heavy atom. The summed E-state index contributed by atoms with van der Waals surface area (Å²) in [6.45, 7) is -2.20. The van der Waals surface area contributed by atoms with Gasteiger partial charge in [-0.2, -0.15) is 0 Å². The summed E-state index contributed by atoms with van der Waals surface area (Å²) in [5.74, 6) is -5.50. The second-order valence-corrected chi connectivity index (χ2v) is 20.5. The van der Waals surface area contributed by atoms with E-state index in [4.69, 9.17) is 42.6 Å². The highest BCUT2D eigenvalue weighted by Gasteiger charge is 2.36. The minimum Gasteiger partial charge on any atom is -0.485 e.